The Bertz CT molecular complexity index is 256. The average molecular weight is 184 g/mol. The van der Waals surface area contributed by atoms with E-state index in [1.54, 1.807) is 10.9 Å². The molecule has 0 aliphatic carbocycles. The fourth-order valence-corrected chi connectivity index (χ4v) is 0.799. The Hall–Kier alpha value is -1.32. The third kappa shape index (κ3) is 5.00. The van der Waals surface area contributed by atoms with Crippen LogP contribution in [0.4, 0.5) is 0 Å². The number of carboxylic acids is 1. The Kier molecular flexibility index (Phi) is 5.59. The number of aromatic nitrogens is 2. The van der Waals surface area contributed by atoms with E-state index in [0.29, 0.717) is 6.54 Å². The molecule has 0 saturated carbocycles. The summed E-state index contributed by atoms with van der Waals surface area (Å²) in [6.07, 6.45) is 3.66. The standard InChI is InChI=1S/C7H10N2O2.C2H6/c1-6-4-8-9(5-6)3-2-7(10)11;1-2/h4-5H,2-3H2,1H3,(H,10,11);1-2H3. The van der Waals surface area contributed by atoms with Crippen LogP contribution < -0.4 is 0 Å². The van der Waals surface area contributed by atoms with Crippen LogP contribution >= 0.6 is 0 Å². The largest absolute Gasteiger partial charge is 0.481 e. The van der Waals surface area contributed by atoms with Crippen LogP contribution in [0.3, 0.4) is 0 Å². The van der Waals surface area contributed by atoms with E-state index < -0.39 is 5.97 Å². The quantitative estimate of drug-likeness (QED) is 0.777. The van der Waals surface area contributed by atoms with Gasteiger partial charge in [-0.25, -0.2) is 0 Å². The first-order valence-electron chi connectivity index (χ1n) is 4.39. The molecule has 0 bridgehead atoms. The van der Waals surface area contributed by atoms with Crippen molar-refractivity contribution >= 4 is 5.97 Å². The highest BCUT2D eigenvalue weighted by Gasteiger charge is 1.98. The number of hydrogen-bond acceptors (Lipinski definition) is 2. The van der Waals surface area contributed by atoms with Crippen LogP contribution in [-0.4, -0.2) is 20.9 Å². The van der Waals surface area contributed by atoms with Crippen LogP contribution in [0.2, 0.25) is 0 Å². The number of carbonyl (C=O) groups is 1. The lowest BCUT2D eigenvalue weighted by Gasteiger charge is -1.95. The topological polar surface area (TPSA) is 55.1 Å². The summed E-state index contributed by atoms with van der Waals surface area (Å²) in [6, 6.07) is 0. The van der Waals surface area contributed by atoms with Gasteiger partial charge in [0.25, 0.3) is 0 Å². The second kappa shape index (κ2) is 6.22. The highest BCUT2D eigenvalue weighted by Crippen LogP contribution is 1.95. The molecule has 0 unspecified atom stereocenters. The minimum atomic E-state index is -0.793. The molecule has 1 N–H and O–H groups in total. The summed E-state index contributed by atoms with van der Waals surface area (Å²) >= 11 is 0. The second-order valence-corrected chi connectivity index (χ2v) is 2.42. The van der Waals surface area contributed by atoms with Crippen molar-refractivity contribution in [2.75, 3.05) is 0 Å². The predicted molar refractivity (Wildman–Crippen MR) is 50.6 cm³/mol. The number of rotatable bonds is 3. The first-order valence-corrected chi connectivity index (χ1v) is 4.39. The Morgan fingerprint density at radius 1 is 1.62 bits per heavy atom. The molecule has 13 heavy (non-hydrogen) atoms. The number of hydrogen-bond donors (Lipinski definition) is 1. The van der Waals surface area contributed by atoms with Crippen LogP contribution in [0.1, 0.15) is 25.8 Å². The zero-order chi connectivity index (χ0) is 10.3. The Balaban J connectivity index is 0.000000671. The zero-order valence-corrected chi connectivity index (χ0v) is 8.32. The van der Waals surface area contributed by atoms with E-state index in [-0.39, 0.29) is 6.42 Å². The van der Waals surface area contributed by atoms with E-state index >= 15 is 0 Å². The van der Waals surface area contributed by atoms with Crippen LogP contribution in [0.25, 0.3) is 0 Å². The second-order valence-electron chi connectivity index (χ2n) is 2.42. The van der Waals surface area contributed by atoms with Gasteiger partial charge in [0.1, 0.15) is 0 Å². The summed E-state index contributed by atoms with van der Waals surface area (Å²) in [5, 5.41) is 12.3. The van der Waals surface area contributed by atoms with Gasteiger partial charge in [0.2, 0.25) is 0 Å². The van der Waals surface area contributed by atoms with Crippen molar-refractivity contribution in [2.24, 2.45) is 0 Å². The fraction of sp³-hybridized carbons (Fsp3) is 0.556. The number of nitrogens with zero attached hydrogens (tertiary/aromatic N) is 2. The number of carboxylic acid groups (broad SMARTS) is 1. The van der Waals surface area contributed by atoms with Gasteiger partial charge in [0, 0.05) is 6.20 Å². The number of aryl methyl sites for hydroxylation is 2. The smallest absolute Gasteiger partial charge is 0.305 e. The minimum Gasteiger partial charge on any atom is -0.481 e. The van der Waals surface area contributed by atoms with Crippen molar-refractivity contribution in [3.8, 4) is 0 Å². The van der Waals surface area contributed by atoms with E-state index in [0.717, 1.165) is 5.56 Å². The Labute approximate surface area is 78.2 Å². The molecule has 4 nitrogen and oxygen atoms in total. The van der Waals surface area contributed by atoms with Gasteiger partial charge in [0.05, 0.1) is 19.2 Å². The van der Waals surface area contributed by atoms with Crippen molar-refractivity contribution < 1.29 is 9.90 Å². The third-order valence-corrected chi connectivity index (χ3v) is 1.32. The summed E-state index contributed by atoms with van der Waals surface area (Å²) in [6.45, 7) is 6.37. The SMILES string of the molecule is CC.Cc1cnn(CCC(=O)O)c1. The molecule has 0 spiro atoms. The van der Waals surface area contributed by atoms with Crippen LogP contribution in [-0.2, 0) is 11.3 Å². The summed E-state index contributed by atoms with van der Waals surface area (Å²) in [7, 11) is 0. The molecular formula is C9H16N2O2. The molecule has 0 aliphatic heterocycles. The lowest BCUT2D eigenvalue weighted by Crippen LogP contribution is -2.04. The van der Waals surface area contributed by atoms with E-state index in [1.807, 2.05) is 27.0 Å². The van der Waals surface area contributed by atoms with Gasteiger partial charge < -0.3 is 5.11 Å². The minimum absolute atomic E-state index is 0.126. The molecule has 0 atom stereocenters. The molecule has 1 heterocycles. The lowest BCUT2D eigenvalue weighted by atomic mass is 10.4. The van der Waals surface area contributed by atoms with Gasteiger partial charge in [-0.1, -0.05) is 13.8 Å². The van der Waals surface area contributed by atoms with Crippen molar-refractivity contribution in [2.45, 2.75) is 33.7 Å². The maximum atomic E-state index is 10.1. The molecule has 0 aromatic carbocycles. The van der Waals surface area contributed by atoms with Gasteiger partial charge in [-0.2, -0.15) is 5.10 Å². The molecule has 74 valence electrons. The molecule has 0 fully saturated rings. The maximum Gasteiger partial charge on any atom is 0.305 e. The van der Waals surface area contributed by atoms with Crippen molar-refractivity contribution in [3.05, 3.63) is 18.0 Å². The van der Waals surface area contributed by atoms with E-state index in [4.69, 9.17) is 5.11 Å². The van der Waals surface area contributed by atoms with Crippen LogP contribution in [0.15, 0.2) is 12.4 Å². The molecule has 0 radical (unpaired) electrons. The maximum absolute atomic E-state index is 10.1. The normalized spacial score (nSPS) is 8.85. The highest BCUT2D eigenvalue weighted by atomic mass is 16.4. The van der Waals surface area contributed by atoms with Crippen molar-refractivity contribution in [3.63, 3.8) is 0 Å². The lowest BCUT2D eigenvalue weighted by molar-refractivity contribution is -0.137. The summed E-state index contributed by atoms with van der Waals surface area (Å²) < 4.78 is 1.63. The van der Waals surface area contributed by atoms with Gasteiger partial charge in [-0.3, -0.25) is 9.48 Å². The van der Waals surface area contributed by atoms with Gasteiger partial charge >= 0.3 is 5.97 Å². The molecule has 1 rings (SSSR count). The number of aliphatic carboxylic acids is 1. The van der Waals surface area contributed by atoms with Crippen molar-refractivity contribution in [1.29, 1.82) is 0 Å². The molecule has 4 heteroatoms. The monoisotopic (exact) mass is 184 g/mol. The summed E-state index contributed by atoms with van der Waals surface area (Å²) in [5.41, 5.74) is 1.05. The van der Waals surface area contributed by atoms with E-state index in [1.165, 1.54) is 0 Å². The Morgan fingerprint density at radius 2 is 2.23 bits per heavy atom. The van der Waals surface area contributed by atoms with E-state index in [2.05, 4.69) is 5.10 Å². The third-order valence-electron chi connectivity index (χ3n) is 1.32. The fourth-order valence-electron chi connectivity index (χ4n) is 0.799. The first kappa shape index (κ1) is 11.7. The molecule has 0 saturated heterocycles. The summed E-state index contributed by atoms with van der Waals surface area (Å²) in [4.78, 5) is 10.1. The first-order chi connectivity index (χ1) is 6.18. The van der Waals surface area contributed by atoms with Gasteiger partial charge in [0.15, 0.2) is 0 Å². The van der Waals surface area contributed by atoms with Gasteiger partial charge in [-0.15, -0.1) is 0 Å². The molecule has 1 aromatic rings. The Morgan fingerprint density at radius 3 is 2.62 bits per heavy atom. The molecule has 0 aliphatic rings. The average Bonchev–Trinajstić information content (AvgIpc) is 2.52. The van der Waals surface area contributed by atoms with Crippen LogP contribution in [0.5, 0.6) is 0 Å². The van der Waals surface area contributed by atoms with Gasteiger partial charge in [-0.05, 0) is 12.5 Å². The predicted octanol–water partition coefficient (Wildman–Crippen LogP) is 1.69. The summed E-state index contributed by atoms with van der Waals surface area (Å²) in [5.74, 6) is -0.793. The zero-order valence-electron chi connectivity index (χ0n) is 8.32. The highest BCUT2D eigenvalue weighted by molar-refractivity contribution is 5.66. The molecule has 1 aromatic heterocycles. The molecule has 0 amide bonds. The van der Waals surface area contributed by atoms with Crippen LogP contribution in [0, 0.1) is 6.92 Å². The molecular weight excluding hydrogens is 168 g/mol. The van der Waals surface area contributed by atoms with Crippen molar-refractivity contribution in [1.82, 2.24) is 9.78 Å². The van der Waals surface area contributed by atoms with E-state index in [9.17, 15) is 4.79 Å².